The van der Waals surface area contributed by atoms with Gasteiger partial charge >= 0.3 is 0 Å². The molecule has 0 radical (unpaired) electrons. The molecule has 5 nitrogen and oxygen atoms in total. The average molecular weight is 299 g/mol. The molecule has 0 saturated heterocycles. The fourth-order valence-corrected chi connectivity index (χ4v) is 2.86. The Labute approximate surface area is 129 Å². The van der Waals surface area contributed by atoms with Crippen molar-refractivity contribution in [2.45, 2.75) is 44.2 Å². The molecule has 0 aliphatic heterocycles. The molecular formula is C17H21N3O2. The van der Waals surface area contributed by atoms with Gasteiger partial charge in [0.05, 0.1) is 11.7 Å². The average Bonchev–Trinajstić information content (AvgIpc) is 3.18. The Morgan fingerprint density at radius 1 is 1.32 bits per heavy atom. The summed E-state index contributed by atoms with van der Waals surface area (Å²) in [6, 6.07) is 9.46. The number of nitrogens with zero attached hydrogens (tertiary/aromatic N) is 1. The van der Waals surface area contributed by atoms with Gasteiger partial charge in [0.2, 0.25) is 11.8 Å². The lowest BCUT2D eigenvalue weighted by atomic mass is 9.98. The molecule has 3 rings (SSSR count). The molecule has 1 aliphatic carbocycles. The smallest absolute Gasteiger partial charge is 0.240 e. The predicted molar refractivity (Wildman–Crippen MR) is 83.9 cm³/mol. The molecule has 1 saturated carbocycles. The van der Waals surface area contributed by atoms with E-state index in [0.29, 0.717) is 11.7 Å². The zero-order valence-electron chi connectivity index (χ0n) is 12.7. The second kappa shape index (κ2) is 5.93. The number of hydrogen-bond acceptors (Lipinski definition) is 4. The Hall–Kier alpha value is -2.14. The molecular weight excluding hydrogens is 278 g/mol. The van der Waals surface area contributed by atoms with Crippen LogP contribution in [0.15, 0.2) is 40.9 Å². The summed E-state index contributed by atoms with van der Waals surface area (Å²) in [6.45, 7) is 1.86. The van der Waals surface area contributed by atoms with Gasteiger partial charge in [0.15, 0.2) is 5.76 Å². The Balaban J connectivity index is 1.69. The molecule has 1 unspecified atom stereocenters. The van der Waals surface area contributed by atoms with Gasteiger partial charge in [-0.15, -0.1) is 0 Å². The van der Waals surface area contributed by atoms with E-state index >= 15 is 0 Å². The number of carbonyl (C=O) groups excluding carboxylic acids is 1. The van der Waals surface area contributed by atoms with Crippen molar-refractivity contribution in [3.63, 3.8) is 0 Å². The molecule has 1 aromatic carbocycles. The lowest BCUT2D eigenvalue weighted by molar-refractivity contribution is -0.127. The van der Waals surface area contributed by atoms with E-state index in [1.807, 2.05) is 37.3 Å². The minimum atomic E-state index is -0.733. The van der Waals surface area contributed by atoms with Crippen molar-refractivity contribution >= 4 is 5.91 Å². The zero-order valence-corrected chi connectivity index (χ0v) is 12.7. The summed E-state index contributed by atoms with van der Waals surface area (Å²) in [5, 5.41) is 2.92. The molecule has 3 N–H and O–H groups in total. The van der Waals surface area contributed by atoms with E-state index < -0.39 is 5.54 Å². The third-order valence-corrected chi connectivity index (χ3v) is 4.25. The first-order chi connectivity index (χ1) is 10.6. The van der Waals surface area contributed by atoms with Gasteiger partial charge in [-0.25, -0.2) is 4.98 Å². The van der Waals surface area contributed by atoms with Crippen LogP contribution < -0.4 is 11.1 Å². The van der Waals surface area contributed by atoms with Crippen molar-refractivity contribution < 1.29 is 9.21 Å². The van der Waals surface area contributed by atoms with Crippen molar-refractivity contribution in [2.75, 3.05) is 0 Å². The number of oxazole rings is 1. The Bertz CT molecular complexity index is 645. The summed E-state index contributed by atoms with van der Waals surface area (Å²) in [4.78, 5) is 16.6. The van der Waals surface area contributed by atoms with Crippen molar-refractivity contribution in [2.24, 2.45) is 5.73 Å². The Morgan fingerprint density at radius 2 is 2.00 bits per heavy atom. The molecule has 2 aromatic rings. The highest BCUT2D eigenvalue weighted by molar-refractivity contribution is 5.86. The van der Waals surface area contributed by atoms with Crippen LogP contribution in [0.2, 0.25) is 0 Å². The molecule has 22 heavy (non-hydrogen) atoms. The first-order valence-electron chi connectivity index (χ1n) is 7.69. The van der Waals surface area contributed by atoms with E-state index in [1.165, 1.54) is 0 Å². The van der Waals surface area contributed by atoms with Crippen molar-refractivity contribution in [3.05, 3.63) is 42.4 Å². The molecule has 1 fully saturated rings. The standard InChI is InChI=1S/C17H21N3O2/c1-12(20-16(21)17(18)9-5-6-10-17)15-19-11-14(22-15)13-7-3-2-4-8-13/h2-4,7-8,11-12H,5-6,9-10,18H2,1H3,(H,20,21). The highest BCUT2D eigenvalue weighted by Gasteiger charge is 2.37. The fraction of sp³-hybridized carbons (Fsp3) is 0.412. The first kappa shape index (κ1) is 14.8. The van der Waals surface area contributed by atoms with Gasteiger partial charge in [-0.05, 0) is 19.8 Å². The van der Waals surface area contributed by atoms with Crippen molar-refractivity contribution in [1.29, 1.82) is 0 Å². The number of rotatable bonds is 4. The van der Waals surface area contributed by atoms with Gasteiger partial charge < -0.3 is 15.5 Å². The van der Waals surface area contributed by atoms with E-state index in [2.05, 4.69) is 10.3 Å². The largest absolute Gasteiger partial charge is 0.438 e. The molecule has 1 amide bonds. The summed E-state index contributed by atoms with van der Waals surface area (Å²) in [7, 11) is 0. The molecule has 116 valence electrons. The van der Waals surface area contributed by atoms with Gasteiger partial charge in [-0.3, -0.25) is 4.79 Å². The summed E-state index contributed by atoms with van der Waals surface area (Å²) >= 11 is 0. The predicted octanol–water partition coefficient (Wildman–Crippen LogP) is 2.79. The second-order valence-corrected chi connectivity index (χ2v) is 5.99. The number of nitrogens with one attached hydrogen (secondary N) is 1. The summed E-state index contributed by atoms with van der Waals surface area (Å²) in [5.74, 6) is 1.07. The van der Waals surface area contributed by atoms with E-state index in [4.69, 9.17) is 10.2 Å². The van der Waals surface area contributed by atoms with E-state index in [0.717, 1.165) is 31.2 Å². The first-order valence-corrected chi connectivity index (χ1v) is 7.69. The van der Waals surface area contributed by atoms with Crippen LogP contribution in [0.3, 0.4) is 0 Å². The van der Waals surface area contributed by atoms with Crippen LogP contribution >= 0.6 is 0 Å². The Kier molecular flexibility index (Phi) is 3.98. The number of aromatic nitrogens is 1. The van der Waals surface area contributed by atoms with E-state index in [-0.39, 0.29) is 11.9 Å². The third kappa shape index (κ3) is 2.90. The van der Waals surface area contributed by atoms with Crippen molar-refractivity contribution in [1.82, 2.24) is 10.3 Å². The number of benzene rings is 1. The maximum Gasteiger partial charge on any atom is 0.240 e. The molecule has 5 heteroatoms. The zero-order chi connectivity index (χ0) is 15.6. The van der Waals surface area contributed by atoms with Crippen LogP contribution in [-0.4, -0.2) is 16.4 Å². The van der Waals surface area contributed by atoms with Crippen LogP contribution in [0.4, 0.5) is 0 Å². The fourth-order valence-electron chi connectivity index (χ4n) is 2.86. The van der Waals surface area contributed by atoms with E-state index in [1.54, 1.807) is 6.20 Å². The Morgan fingerprint density at radius 3 is 2.68 bits per heavy atom. The van der Waals surface area contributed by atoms with Crippen LogP contribution in [0, 0.1) is 0 Å². The second-order valence-electron chi connectivity index (χ2n) is 5.99. The molecule has 1 aliphatic rings. The number of hydrogen-bond donors (Lipinski definition) is 2. The molecule has 0 bridgehead atoms. The lowest BCUT2D eigenvalue weighted by Gasteiger charge is -2.24. The minimum Gasteiger partial charge on any atom is -0.438 e. The molecule has 1 aromatic heterocycles. The topological polar surface area (TPSA) is 81.2 Å². The SMILES string of the molecule is CC(NC(=O)C1(N)CCCC1)c1ncc(-c2ccccc2)o1. The summed E-state index contributed by atoms with van der Waals surface area (Å²) < 4.78 is 5.76. The highest BCUT2D eigenvalue weighted by Crippen LogP contribution is 2.28. The lowest BCUT2D eigenvalue weighted by Crippen LogP contribution is -2.52. The quantitative estimate of drug-likeness (QED) is 0.909. The summed E-state index contributed by atoms with van der Waals surface area (Å²) in [6.07, 6.45) is 5.19. The van der Waals surface area contributed by atoms with Gasteiger partial charge in [-0.2, -0.15) is 0 Å². The van der Waals surface area contributed by atoms with Crippen molar-refractivity contribution in [3.8, 4) is 11.3 Å². The van der Waals surface area contributed by atoms with Crippen LogP contribution in [-0.2, 0) is 4.79 Å². The van der Waals surface area contributed by atoms with Crippen LogP contribution in [0.25, 0.3) is 11.3 Å². The third-order valence-electron chi connectivity index (χ3n) is 4.25. The number of nitrogens with two attached hydrogens (primary N) is 1. The van der Waals surface area contributed by atoms with Gasteiger partial charge in [0, 0.05) is 5.56 Å². The molecule has 1 atom stereocenters. The minimum absolute atomic E-state index is 0.114. The van der Waals surface area contributed by atoms with Gasteiger partial charge in [0.1, 0.15) is 6.04 Å². The van der Waals surface area contributed by atoms with Gasteiger partial charge in [0.25, 0.3) is 0 Å². The highest BCUT2D eigenvalue weighted by atomic mass is 16.4. The summed E-state index contributed by atoms with van der Waals surface area (Å²) in [5.41, 5.74) is 6.39. The monoisotopic (exact) mass is 299 g/mol. The number of carbonyl (C=O) groups is 1. The van der Waals surface area contributed by atoms with E-state index in [9.17, 15) is 4.79 Å². The normalized spacial score (nSPS) is 18.1. The number of amides is 1. The van der Waals surface area contributed by atoms with Gasteiger partial charge in [-0.1, -0.05) is 43.2 Å². The maximum absolute atomic E-state index is 12.3. The molecule has 0 spiro atoms. The van der Waals surface area contributed by atoms with Crippen LogP contribution in [0.5, 0.6) is 0 Å². The van der Waals surface area contributed by atoms with Crippen LogP contribution in [0.1, 0.15) is 44.5 Å². The maximum atomic E-state index is 12.3. The molecule has 1 heterocycles.